The number of anilines is 1. The van der Waals surface area contributed by atoms with Crippen LogP contribution in [0.3, 0.4) is 0 Å². The van der Waals surface area contributed by atoms with E-state index in [-0.39, 0.29) is 30.7 Å². The summed E-state index contributed by atoms with van der Waals surface area (Å²) < 4.78 is 0. The summed E-state index contributed by atoms with van der Waals surface area (Å²) in [4.78, 5) is 28.6. The van der Waals surface area contributed by atoms with Crippen molar-refractivity contribution < 1.29 is 9.59 Å². The number of likely N-dealkylation sites (tertiary alicyclic amines) is 1. The first-order chi connectivity index (χ1) is 8.11. The second-order valence-corrected chi connectivity index (χ2v) is 4.10. The van der Waals surface area contributed by atoms with Crippen molar-refractivity contribution in [1.82, 2.24) is 9.88 Å². The van der Waals surface area contributed by atoms with Crippen molar-refractivity contribution in [2.24, 2.45) is 11.8 Å². The number of nitrogens with one attached hydrogen (secondary N) is 1. The molecule has 17 heavy (non-hydrogen) atoms. The van der Waals surface area contributed by atoms with Crippen molar-refractivity contribution >= 4 is 17.5 Å². The molecule has 6 nitrogen and oxygen atoms in total. The Bertz CT molecular complexity index is 461. The maximum atomic E-state index is 11.7. The van der Waals surface area contributed by atoms with Gasteiger partial charge in [-0.15, -0.1) is 0 Å². The molecule has 2 heterocycles. The molecule has 0 bridgehead atoms. The summed E-state index contributed by atoms with van der Waals surface area (Å²) in [6.45, 7) is 1.96. The van der Waals surface area contributed by atoms with Gasteiger partial charge >= 0.3 is 0 Å². The third-order valence-corrected chi connectivity index (χ3v) is 2.77. The Hall–Kier alpha value is -1.95. The second-order valence-electron chi connectivity index (χ2n) is 4.10. The molecule has 1 aliphatic rings. The fourth-order valence-corrected chi connectivity index (χ4v) is 1.83. The van der Waals surface area contributed by atoms with Gasteiger partial charge < -0.3 is 5.43 Å². The molecule has 3 N–H and O–H groups in total. The number of carbonyl (C=O) groups excluding carboxylic acids is 2. The predicted molar refractivity (Wildman–Crippen MR) is 61.4 cm³/mol. The van der Waals surface area contributed by atoms with Crippen molar-refractivity contribution in [2.45, 2.75) is 19.9 Å². The molecule has 1 aromatic heterocycles. The molecule has 90 valence electrons. The lowest BCUT2D eigenvalue weighted by Gasteiger charge is -2.14. The van der Waals surface area contributed by atoms with Gasteiger partial charge in [-0.25, -0.2) is 0 Å². The lowest BCUT2D eigenvalue weighted by Crippen LogP contribution is -2.30. The normalized spacial score (nSPS) is 19.9. The molecule has 1 atom stereocenters. The van der Waals surface area contributed by atoms with Crippen LogP contribution < -0.4 is 11.3 Å². The lowest BCUT2D eigenvalue weighted by atomic mass is 10.1. The zero-order chi connectivity index (χ0) is 12.4. The number of pyridine rings is 1. The first-order valence-corrected chi connectivity index (χ1v) is 5.37. The molecule has 0 aliphatic carbocycles. The summed E-state index contributed by atoms with van der Waals surface area (Å²) in [5, 5.41) is 0. The van der Waals surface area contributed by atoms with E-state index in [4.69, 9.17) is 5.84 Å². The highest BCUT2D eigenvalue weighted by molar-refractivity contribution is 6.03. The number of hydrazine groups is 1. The summed E-state index contributed by atoms with van der Waals surface area (Å²) in [6, 6.07) is 3.42. The van der Waals surface area contributed by atoms with Crippen molar-refractivity contribution in [3.63, 3.8) is 0 Å². The van der Waals surface area contributed by atoms with Crippen molar-refractivity contribution in [3.05, 3.63) is 24.0 Å². The molecule has 0 saturated carbocycles. The Morgan fingerprint density at radius 3 is 2.94 bits per heavy atom. The van der Waals surface area contributed by atoms with Crippen molar-refractivity contribution in [2.75, 3.05) is 5.43 Å². The average Bonchev–Trinajstić information content (AvgIpc) is 2.56. The number of imide groups is 1. The van der Waals surface area contributed by atoms with Crippen LogP contribution in [0.4, 0.5) is 5.69 Å². The summed E-state index contributed by atoms with van der Waals surface area (Å²) in [6.07, 6.45) is 1.87. The zero-order valence-electron chi connectivity index (χ0n) is 9.51. The number of carbonyl (C=O) groups is 2. The quantitative estimate of drug-likeness (QED) is 0.445. The molecule has 1 aromatic rings. The molecule has 2 rings (SSSR count). The third-order valence-electron chi connectivity index (χ3n) is 2.77. The number of hydrogen-bond acceptors (Lipinski definition) is 5. The van der Waals surface area contributed by atoms with Crippen LogP contribution in [0.5, 0.6) is 0 Å². The summed E-state index contributed by atoms with van der Waals surface area (Å²) in [7, 11) is 0. The van der Waals surface area contributed by atoms with Gasteiger partial charge in [0, 0.05) is 18.5 Å². The van der Waals surface area contributed by atoms with Crippen LogP contribution in [0.2, 0.25) is 0 Å². The van der Waals surface area contributed by atoms with Crippen LogP contribution in [0, 0.1) is 5.92 Å². The molecule has 1 aliphatic heterocycles. The SMILES string of the molecule is CC1CC(=O)N(Cc2cc(NN)ccn2)C1=O. The highest BCUT2D eigenvalue weighted by atomic mass is 16.2. The van der Waals surface area contributed by atoms with E-state index in [1.165, 1.54) is 4.90 Å². The van der Waals surface area contributed by atoms with Crippen molar-refractivity contribution in [1.29, 1.82) is 0 Å². The van der Waals surface area contributed by atoms with E-state index in [1.807, 2.05) is 0 Å². The first-order valence-electron chi connectivity index (χ1n) is 5.37. The predicted octanol–water partition coefficient (Wildman–Crippen LogP) is 0.262. The number of rotatable bonds is 3. The van der Waals surface area contributed by atoms with Gasteiger partial charge in [-0.05, 0) is 12.1 Å². The monoisotopic (exact) mass is 234 g/mol. The molecule has 6 heteroatoms. The molecule has 1 fully saturated rings. The summed E-state index contributed by atoms with van der Waals surface area (Å²) in [5.74, 6) is 4.78. The van der Waals surface area contributed by atoms with Gasteiger partial charge in [-0.2, -0.15) is 0 Å². The molecular formula is C11H14N4O2. The topological polar surface area (TPSA) is 88.3 Å². The number of nitrogen functional groups attached to an aromatic ring is 1. The minimum absolute atomic E-state index is 0.136. The number of aromatic nitrogens is 1. The molecule has 0 aromatic carbocycles. The second kappa shape index (κ2) is 4.50. The Kier molecular flexibility index (Phi) is 3.06. The Balaban J connectivity index is 2.15. The third kappa shape index (κ3) is 2.26. The van der Waals surface area contributed by atoms with Crippen LogP contribution in [0.25, 0.3) is 0 Å². The van der Waals surface area contributed by atoms with Crippen LogP contribution in [-0.2, 0) is 16.1 Å². The maximum Gasteiger partial charge on any atom is 0.232 e. The van der Waals surface area contributed by atoms with Gasteiger partial charge in [0.2, 0.25) is 11.8 Å². The maximum absolute atomic E-state index is 11.7. The minimum atomic E-state index is -0.224. The smallest absolute Gasteiger partial charge is 0.232 e. The molecule has 0 spiro atoms. The van der Waals surface area contributed by atoms with E-state index < -0.39 is 0 Å². The highest BCUT2D eigenvalue weighted by Crippen LogP contribution is 2.21. The van der Waals surface area contributed by atoms with E-state index in [9.17, 15) is 9.59 Å². The molecule has 1 unspecified atom stereocenters. The fourth-order valence-electron chi connectivity index (χ4n) is 1.83. The molecular weight excluding hydrogens is 220 g/mol. The van der Waals surface area contributed by atoms with Crippen LogP contribution >= 0.6 is 0 Å². The van der Waals surface area contributed by atoms with E-state index >= 15 is 0 Å². The van der Waals surface area contributed by atoms with Crippen LogP contribution in [0.15, 0.2) is 18.3 Å². The first kappa shape index (κ1) is 11.5. The van der Waals surface area contributed by atoms with Gasteiger partial charge in [-0.1, -0.05) is 6.92 Å². The largest absolute Gasteiger partial charge is 0.324 e. The number of nitrogens with zero attached hydrogens (tertiary/aromatic N) is 2. The zero-order valence-corrected chi connectivity index (χ0v) is 9.51. The van der Waals surface area contributed by atoms with Crippen LogP contribution in [0.1, 0.15) is 19.0 Å². The molecule has 2 amide bonds. The lowest BCUT2D eigenvalue weighted by molar-refractivity contribution is -0.139. The standard InChI is InChI=1S/C11H14N4O2/c1-7-4-10(16)15(11(7)17)6-9-5-8(14-12)2-3-13-9/h2-3,5,7H,4,6,12H2,1H3,(H,13,14). The summed E-state index contributed by atoms with van der Waals surface area (Å²) in [5.41, 5.74) is 3.83. The van der Waals surface area contributed by atoms with Gasteiger partial charge in [-0.3, -0.25) is 25.3 Å². The Morgan fingerprint density at radius 2 is 2.35 bits per heavy atom. The van der Waals surface area contributed by atoms with Crippen molar-refractivity contribution in [3.8, 4) is 0 Å². The number of nitrogens with two attached hydrogens (primary N) is 1. The van der Waals surface area contributed by atoms with E-state index in [0.717, 1.165) is 0 Å². The molecule has 0 radical (unpaired) electrons. The van der Waals surface area contributed by atoms with E-state index in [2.05, 4.69) is 10.4 Å². The van der Waals surface area contributed by atoms with E-state index in [1.54, 1.807) is 25.3 Å². The van der Waals surface area contributed by atoms with Gasteiger partial charge in [0.1, 0.15) is 0 Å². The number of amides is 2. The van der Waals surface area contributed by atoms with E-state index in [0.29, 0.717) is 11.4 Å². The van der Waals surface area contributed by atoms with Crippen LogP contribution in [-0.4, -0.2) is 21.7 Å². The highest BCUT2D eigenvalue weighted by Gasteiger charge is 2.35. The van der Waals surface area contributed by atoms with Gasteiger partial charge in [0.05, 0.1) is 17.9 Å². The van der Waals surface area contributed by atoms with Gasteiger partial charge in [0.25, 0.3) is 0 Å². The van der Waals surface area contributed by atoms with Gasteiger partial charge in [0.15, 0.2) is 0 Å². The summed E-state index contributed by atoms with van der Waals surface area (Å²) >= 11 is 0. The number of hydrogen-bond donors (Lipinski definition) is 2. The average molecular weight is 234 g/mol. The molecule has 1 saturated heterocycles. The fraction of sp³-hybridized carbons (Fsp3) is 0.364. The Labute approximate surface area is 98.8 Å². The minimum Gasteiger partial charge on any atom is -0.324 e. The Morgan fingerprint density at radius 1 is 1.59 bits per heavy atom.